The van der Waals surface area contributed by atoms with E-state index in [1.54, 1.807) is 16.2 Å². The molecule has 0 saturated carbocycles. The van der Waals surface area contributed by atoms with Crippen molar-refractivity contribution >= 4 is 28.8 Å². The fraction of sp³-hybridized carbons (Fsp3) is 0.500. The van der Waals surface area contributed by atoms with Crippen LogP contribution in [-0.4, -0.2) is 47.4 Å². The van der Waals surface area contributed by atoms with Crippen molar-refractivity contribution in [2.45, 2.75) is 53.1 Å². The van der Waals surface area contributed by atoms with Crippen LogP contribution in [0, 0.1) is 6.92 Å². The lowest BCUT2D eigenvalue weighted by molar-refractivity contribution is -0.133. The number of nitrogens with zero attached hydrogens (tertiary/aromatic N) is 3. The van der Waals surface area contributed by atoms with Crippen molar-refractivity contribution in [3.05, 3.63) is 28.6 Å². The molecule has 1 aromatic carbocycles. The molecule has 0 fully saturated rings. The summed E-state index contributed by atoms with van der Waals surface area (Å²) in [5.74, 6) is 0.449. The van der Waals surface area contributed by atoms with Gasteiger partial charge in [0.25, 0.3) is 5.91 Å². The second kappa shape index (κ2) is 9.39. The molecule has 3 rings (SSSR count). The first-order valence-electron chi connectivity index (χ1n) is 10.3. The van der Waals surface area contributed by atoms with Crippen molar-refractivity contribution in [3.8, 4) is 17.0 Å². The fourth-order valence-electron chi connectivity index (χ4n) is 3.54. The third kappa shape index (κ3) is 4.61. The van der Waals surface area contributed by atoms with Crippen LogP contribution in [0.4, 0.5) is 5.69 Å². The standard InChI is InChI=1S/C22H29N3O3S/c1-5-10-24(11-6-2)21(26)13-25-18-12-16(17-14-29-15(4)23-17)8-9-20(18)28-19(7-3)22(25)27/h8-9,12,14,19H,5-7,10-11,13H2,1-4H3. The number of anilines is 1. The van der Waals surface area contributed by atoms with Gasteiger partial charge in [0.15, 0.2) is 6.10 Å². The predicted octanol–water partition coefficient (Wildman–Crippen LogP) is 4.27. The Morgan fingerprint density at radius 3 is 2.55 bits per heavy atom. The number of fused-ring (bicyclic) bond motifs is 1. The van der Waals surface area contributed by atoms with Gasteiger partial charge >= 0.3 is 0 Å². The third-order valence-electron chi connectivity index (χ3n) is 4.98. The molecule has 2 heterocycles. The van der Waals surface area contributed by atoms with Crippen LogP contribution in [-0.2, 0) is 9.59 Å². The zero-order chi connectivity index (χ0) is 21.0. The van der Waals surface area contributed by atoms with Crippen LogP contribution in [0.15, 0.2) is 23.6 Å². The third-order valence-corrected chi connectivity index (χ3v) is 5.75. The molecule has 1 aliphatic rings. The largest absolute Gasteiger partial charge is 0.478 e. The number of hydrogen-bond acceptors (Lipinski definition) is 5. The van der Waals surface area contributed by atoms with Gasteiger partial charge in [0.05, 0.1) is 16.4 Å². The minimum atomic E-state index is -0.562. The highest BCUT2D eigenvalue weighted by atomic mass is 32.1. The number of amides is 2. The SMILES string of the molecule is CCCN(CCC)C(=O)CN1C(=O)C(CC)Oc2ccc(-c3csc(C)n3)cc21. The zero-order valence-electron chi connectivity index (χ0n) is 17.6. The van der Waals surface area contributed by atoms with Crippen molar-refractivity contribution in [2.24, 2.45) is 0 Å². The summed E-state index contributed by atoms with van der Waals surface area (Å²) in [6.45, 7) is 9.43. The molecular formula is C22H29N3O3S. The summed E-state index contributed by atoms with van der Waals surface area (Å²) < 4.78 is 5.92. The van der Waals surface area contributed by atoms with Crippen LogP contribution in [0.1, 0.15) is 45.0 Å². The fourth-order valence-corrected chi connectivity index (χ4v) is 4.16. The number of rotatable bonds is 8. The van der Waals surface area contributed by atoms with Gasteiger partial charge in [-0.05, 0) is 44.4 Å². The van der Waals surface area contributed by atoms with Gasteiger partial charge in [0, 0.05) is 24.0 Å². The molecule has 156 valence electrons. The molecule has 0 saturated heterocycles. The van der Waals surface area contributed by atoms with Gasteiger partial charge in [-0.3, -0.25) is 14.5 Å². The highest BCUT2D eigenvalue weighted by Crippen LogP contribution is 2.38. The Kier molecular flexibility index (Phi) is 6.90. The number of ether oxygens (including phenoxy) is 1. The van der Waals surface area contributed by atoms with E-state index in [9.17, 15) is 9.59 Å². The van der Waals surface area contributed by atoms with Crippen LogP contribution in [0.2, 0.25) is 0 Å². The van der Waals surface area contributed by atoms with Crippen molar-refractivity contribution in [1.29, 1.82) is 0 Å². The van der Waals surface area contributed by atoms with E-state index < -0.39 is 6.10 Å². The Morgan fingerprint density at radius 2 is 1.97 bits per heavy atom. The molecule has 2 aromatic rings. The van der Waals surface area contributed by atoms with Crippen LogP contribution < -0.4 is 9.64 Å². The maximum atomic E-state index is 13.1. The van der Waals surface area contributed by atoms with E-state index in [1.165, 1.54) is 0 Å². The van der Waals surface area contributed by atoms with Gasteiger partial charge in [-0.15, -0.1) is 11.3 Å². The molecule has 0 spiro atoms. The first kappa shape index (κ1) is 21.3. The molecule has 0 radical (unpaired) electrons. The average Bonchev–Trinajstić information content (AvgIpc) is 3.15. The highest BCUT2D eigenvalue weighted by Gasteiger charge is 2.35. The predicted molar refractivity (Wildman–Crippen MR) is 117 cm³/mol. The van der Waals surface area contributed by atoms with Crippen LogP contribution >= 0.6 is 11.3 Å². The van der Waals surface area contributed by atoms with E-state index in [-0.39, 0.29) is 18.4 Å². The molecular weight excluding hydrogens is 386 g/mol. The minimum absolute atomic E-state index is 0.0281. The minimum Gasteiger partial charge on any atom is -0.478 e. The molecule has 0 aliphatic carbocycles. The van der Waals surface area contributed by atoms with Crippen molar-refractivity contribution in [2.75, 3.05) is 24.5 Å². The van der Waals surface area contributed by atoms with Gasteiger partial charge in [-0.1, -0.05) is 20.8 Å². The van der Waals surface area contributed by atoms with Gasteiger partial charge in [0.1, 0.15) is 12.3 Å². The number of hydrogen-bond donors (Lipinski definition) is 0. The molecule has 2 amide bonds. The van der Waals surface area contributed by atoms with E-state index in [1.807, 2.05) is 42.3 Å². The molecule has 1 aliphatic heterocycles. The van der Waals surface area contributed by atoms with E-state index in [4.69, 9.17) is 4.74 Å². The second-order valence-electron chi connectivity index (χ2n) is 7.25. The first-order valence-corrected chi connectivity index (χ1v) is 11.2. The Bertz CT molecular complexity index is 874. The second-order valence-corrected chi connectivity index (χ2v) is 8.32. The molecule has 29 heavy (non-hydrogen) atoms. The van der Waals surface area contributed by atoms with Gasteiger partial charge in [-0.2, -0.15) is 0 Å². The van der Waals surface area contributed by atoms with Crippen molar-refractivity contribution in [3.63, 3.8) is 0 Å². The summed E-state index contributed by atoms with van der Waals surface area (Å²) in [5.41, 5.74) is 2.42. The maximum Gasteiger partial charge on any atom is 0.268 e. The summed E-state index contributed by atoms with van der Waals surface area (Å²) >= 11 is 1.58. The average molecular weight is 416 g/mol. The molecule has 6 nitrogen and oxygen atoms in total. The number of carbonyl (C=O) groups excluding carboxylic acids is 2. The summed E-state index contributed by atoms with van der Waals surface area (Å²) in [6.07, 6.45) is 1.78. The Hall–Kier alpha value is -2.41. The van der Waals surface area contributed by atoms with E-state index in [2.05, 4.69) is 18.8 Å². The number of aryl methyl sites for hydroxylation is 1. The highest BCUT2D eigenvalue weighted by molar-refractivity contribution is 7.09. The normalized spacial score (nSPS) is 15.8. The van der Waals surface area contributed by atoms with E-state index >= 15 is 0 Å². The molecule has 0 N–H and O–H groups in total. The zero-order valence-corrected chi connectivity index (χ0v) is 18.4. The van der Waals surface area contributed by atoms with Crippen LogP contribution in [0.25, 0.3) is 11.3 Å². The van der Waals surface area contributed by atoms with Gasteiger partial charge in [0.2, 0.25) is 5.91 Å². The first-order chi connectivity index (χ1) is 14.0. The van der Waals surface area contributed by atoms with E-state index in [0.717, 1.165) is 29.1 Å². The lowest BCUT2D eigenvalue weighted by atomic mass is 10.1. The lowest BCUT2D eigenvalue weighted by Gasteiger charge is -2.35. The smallest absolute Gasteiger partial charge is 0.268 e. The lowest BCUT2D eigenvalue weighted by Crippen LogP contribution is -2.50. The van der Waals surface area contributed by atoms with Crippen LogP contribution in [0.3, 0.4) is 0 Å². The summed E-state index contributed by atoms with van der Waals surface area (Å²) in [7, 11) is 0. The molecule has 1 atom stereocenters. The molecule has 7 heteroatoms. The van der Waals surface area contributed by atoms with Crippen LogP contribution in [0.5, 0.6) is 5.75 Å². The van der Waals surface area contributed by atoms with E-state index in [0.29, 0.717) is 30.9 Å². The quantitative estimate of drug-likeness (QED) is 0.646. The summed E-state index contributed by atoms with van der Waals surface area (Å²) in [4.78, 5) is 34.0. The Morgan fingerprint density at radius 1 is 1.24 bits per heavy atom. The summed E-state index contributed by atoms with van der Waals surface area (Å²) in [5, 5.41) is 2.98. The Balaban J connectivity index is 1.95. The number of thiazole rings is 1. The van der Waals surface area contributed by atoms with Crippen molar-refractivity contribution < 1.29 is 14.3 Å². The molecule has 0 bridgehead atoms. The molecule has 1 unspecified atom stereocenters. The Labute approximate surface area is 176 Å². The number of carbonyl (C=O) groups is 2. The maximum absolute atomic E-state index is 13.1. The molecule has 1 aromatic heterocycles. The topological polar surface area (TPSA) is 62.7 Å². The number of benzene rings is 1. The number of aromatic nitrogens is 1. The monoisotopic (exact) mass is 415 g/mol. The summed E-state index contributed by atoms with van der Waals surface area (Å²) in [6, 6.07) is 5.74. The van der Waals surface area contributed by atoms with Gasteiger partial charge < -0.3 is 9.64 Å². The van der Waals surface area contributed by atoms with Gasteiger partial charge in [-0.25, -0.2) is 4.98 Å². The van der Waals surface area contributed by atoms with Crippen molar-refractivity contribution in [1.82, 2.24) is 9.88 Å².